The Bertz CT molecular complexity index is 521. The number of halogens is 3. The number of likely N-dealkylation sites (N-methyl/N-ethyl adjacent to an activating group) is 1. The summed E-state index contributed by atoms with van der Waals surface area (Å²) in [7, 11) is 2.16. The minimum atomic E-state index is 0.916. The lowest BCUT2D eigenvalue weighted by Crippen LogP contribution is -2.44. The van der Waals surface area contributed by atoms with Crippen LogP contribution >= 0.6 is 70.5 Å². The first-order valence-electron chi connectivity index (χ1n) is 5.86. The van der Waals surface area contributed by atoms with E-state index in [1.807, 2.05) is 6.20 Å². The molecule has 3 heterocycles. The number of aromatic nitrogens is 2. The average Bonchev–Trinajstić information content (AvgIpc) is 3.00. The molecule has 2 aromatic rings. The standard InChI is InChI=1S/C8H12BrN3S.C3HBr2NS/c1-11-2-4-12(5-3-11)8-10-6-7(9)13-8;4-2-1-6-3(5)7-2/h6H,2-5H2,1H3;1H. The van der Waals surface area contributed by atoms with Crippen molar-refractivity contribution in [2.75, 3.05) is 38.1 Å². The number of hydrogen-bond acceptors (Lipinski definition) is 6. The highest BCUT2D eigenvalue weighted by Crippen LogP contribution is 2.27. The molecule has 4 nitrogen and oxygen atoms in total. The molecule has 0 bridgehead atoms. The molecule has 110 valence electrons. The van der Waals surface area contributed by atoms with E-state index < -0.39 is 0 Å². The monoisotopic (exact) mass is 502 g/mol. The van der Waals surface area contributed by atoms with Crippen LogP contribution in [0.5, 0.6) is 0 Å². The topological polar surface area (TPSA) is 32.3 Å². The van der Waals surface area contributed by atoms with Crippen molar-refractivity contribution in [3.63, 3.8) is 0 Å². The SMILES string of the molecule is Brc1cnc(Br)s1.CN1CCN(c2ncc(Br)s2)CC1. The lowest BCUT2D eigenvalue weighted by atomic mass is 10.3. The minimum Gasteiger partial charge on any atom is -0.345 e. The molecule has 0 aromatic carbocycles. The van der Waals surface area contributed by atoms with Gasteiger partial charge in [0, 0.05) is 26.2 Å². The van der Waals surface area contributed by atoms with Crippen LogP contribution in [0.15, 0.2) is 23.9 Å². The molecular formula is C11H13Br3N4S2. The zero-order valence-electron chi connectivity index (χ0n) is 10.7. The summed E-state index contributed by atoms with van der Waals surface area (Å²) >= 11 is 13.2. The van der Waals surface area contributed by atoms with Gasteiger partial charge in [-0.25, -0.2) is 9.97 Å². The Balaban J connectivity index is 0.000000178. The number of thiazole rings is 2. The van der Waals surface area contributed by atoms with Crippen LogP contribution < -0.4 is 4.90 Å². The van der Waals surface area contributed by atoms with Gasteiger partial charge in [-0.3, -0.25) is 0 Å². The maximum atomic E-state index is 4.34. The molecule has 0 atom stereocenters. The molecule has 1 aliphatic rings. The number of rotatable bonds is 1. The molecule has 3 rings (SSSR count). The third-order valence-electron chi connectivity index (χ3n) is 2.69. The maximum Gasteiger partial charge on any atom is 0.186 e. The first-order valence-corrected chi connectivity index (χ1v) is 9.87. The third kappa shape index (κ3) is 5.34. The molecule has 20 heavy (non-hydrogen) atoms. The fourth-order valence-electron chi connectivity index (χ4n) is 1.62. The Morgan fingerprint density at radius 1 is 0.950 bits per heavy atom. The van der Waals surface area contributed by atoms with E-state index in [-0.39, 0.29) is 0 Å². The first-order chi connectivity index (χ1) is 9.54. The minimum absolute atomic E-state index is 0.916. The molecule has 0 spiro atoms. The van der Waals surface area contributed by atoms with Gasteiger partial charge in [0.15, 0.2) is 9.05 Å². The van der Waals surface area contributed by atoms with Crippen LogP contribution in [0.2, 0.25) is 0 Å². The van der Waals surface area contributed by atoms with Crippen LogP contribution in [0.25, 0.3) is 0 Å². The van der Waals surface area contributed by atoms with Crippen molar-refractivity contribution in [3.8, 4) is 0 Å². The Hall–Kier alpha value is 0.460. The van der Waals surface area contributed by atoms with Crippen molar-refractivity contribution in [2.45, 2.75) is 0 Å². The predicted octanol–water partition coefficient (Wildman–Crippen LogP) is 4.33. The predicted molar refractivity (Wildman–Crippen MR) is 97.0 cm³/mol. The van der Waals surface area contributed by atoms with Gasteiger partial charge in [-0.05, 0) is 54.8 Å². The van der Waals surface area contributed by atoms with Gasteiger partial charge in [0.1, 0.15) is 0 Å². The highest BCUT2D eigenvalue weighted by molar-refractivity contribution is 9.12. The van der Waals surface area contributed by atoms with Gasteiger partial charge in [0.25, 0.3) is 0 Å². The van der Waals surface area contributed by atoms with Gasteiger partial charge >= 0.3 is 0 Å². The molecule has 1 saturated heterocycles. The molecule has 0 radical (unpaired) electrons. The quantitative estimate of drug-likeness (QED) is 0.579. The highest BCUT2D eigenvalue weighted by Gasteiger charge is 2.16. The van der Waals surface area contributed by atoms with Gasteiger partial charge in [-0.2, -0.15) is 0 Å². The lowest BCUT2D eigenvalue weighted by Gasteiger charge is -2.31. The van der Waals surface area contributed by atoms with E-state index in [1.54, 1.807) is 28.9 Å². The number of piperazine rings is 1. The van der Waals surface area contributed by atoms with Crippen LogP contribution in [0.3, 0.4) is 0 Å². The second-order valence-corrected chi connectivity index (χ2v) is 10.2. The Labute approximate surface area is 151 Å². The van der Waals surface area contributed by atoms with Crippen LogP contribution in [-0.4, -0.2) is 48.1 Å². The van der Waals surface area contributed by atoms with Gasteiger partial charge in [0.05, 0.1) is 20.0 Å². The summed E-state index contributed by atoms with van der Waals surface area (Å²) in [5, 5.41) is 1.14. The second kappa shape index (κ2) is 8.19. The normalized spacial score (nSPS) is 15.9. The van der Waals surface area contributed by atoms with Crippen molar-refractivity contribution >= 4 is 75.6 Å². The smallest absolute Gasteiger partial charge is 0.186 e. The third-order valence-corrected chi connectivity index (χ3v) is 6.18. The van der Waals surface area contributed by atoms with Gasteiger partial charge < -0.3 is 9.80 Å². The summed E-state index contributed by atoms with van der Waals surface area (Å²) in [4.78, 5) is 12.9. The number of anilines is 1. The van der Waals surface area contributed by atoms with E-state index >= 15 is 0 Å². The molecule has 0 aliphatic carbocycles. The molecule has 0 amide bonds. The van der Waals surface area contributed by atoms with E-state index in [9.17, 15) is 0 Å². The van der Waals surface area contributed by atoms with E-state index in [4.69, 9.17) is 0 Å². The summed E-state index contributed by atoms with van der Waals surface area (Å²) in [6.45, 7) is 4.46. The van der Waals surface area contributed by atoms with E-state index in [2.05, 4.69) is 74.6 Å². The molecule has 9 heteroatoms. The Morgan fingerprint density at radius 3 is 1.95 bits per heavy atom. The van der Waals surface area contributed by atoms with E-state index in [0.29, 0.717) is 0 Å². The van der Waals surface area contributed by atoms with Crippen molar-refractivity contribution < 1.29 is 0 Å². The molecule has 2 aromatic heterocycles. The number of nitrogens with zero attached hydrogens (tertiary/aromatic N) is 4. The molecule has 1 fully saturated rings. The highest BCUT2D eigenvalue weighted by atomic mass is 79.9. The molecular weight excluding hydrogens is 492 g/mol. The second-order valence-electron chi connectivity index (χ2n) is 4.15. The van der Waals surface area contributed by atoms with Crippen molar-refractivity contribution in [3.05, 3.63) is 23.9 Å². The van der Waals surface area contributed by atoms with Gasteiger partial charge in [-0.15, -0.1) is 11.3 Å². The molecule has 0 saturated carbocycles. The zero-order valence-corrected chi connectivity index (χ0v) is 17.1. The van der Waals surface area contributed by atoms with Crippen LogP contribution in [0.4, 0.5) is 5.13 Å². The maximum absolute atomic E-state index is 4.34. The van der Waals surface area contributed by atoms with E-state index in [0.717, 1.165) is 42.8 Å². The zero-order chi connectivity index (χ0) is 14.5. The molecule has 0 unspecified atom stereocenters. The summed E-state index contributed by atoms with van der Waals surface area (Å²) < 4.78 is 3.08. The first kappa shape index (κ1) is 16.8. The van der Waals surface area contributed by atoms with Crippen molar-refractivity contribution in [1.29, 1.82) is 0 Å². The van der Waals surface area contributed by atoms with E-state index in [1.165, 1.54) is 0 Å². The summed E-state index contributed by atoms with van der Waals surface area (Å²) in [5.41, 5.74) is 0. The fourth-order valence-corrected chi connectivity index (χ4v) is 5.07. The average molecular weight is 505 g/mol. The Morgan fingerprint density at radius 2 is 1.55 bits per heavy atom. The number of hydrogen-bond donors (Lipinski definition) is 0. The summed E-state index contributed by atoms with van der Waals surface area (Å²) in [5.74, 6) is 0. The van der Waals surface area contributed by atoms with Crippen LogP contribution in [0, 0.1) is 0 Å². The van der Waals surface area contributed by atoms with Crippen LogP contribution in [0.1, 0.15) is 0 Å². The van der Waals surface area contributed by atoms with Crippen molar-refractivity contribution in [2.24, 2.45) is 0 Å². The van der Waals surface area contributed by atoms with Crippen LogP contribution in [-0.2, 0) is 0 Å². The van der Waals surface area contributed by atoms with Gasteiger partial charge in [-0.1, -0.05) is 11.3 Å². The fraction of sp³-hybridized carbons (Fsp3) is 0.455. The molecule has 0 N–H and O–H groups in total. The van der Waals surface area contributed by atoms with Gasteiger partial charge in [0.2, 0.25) is 0 Å². The lowest BCUT2D eigenvalue weighted by molar-refractivity contribution is 0.313. The summed E-state index contributed by atoms with van der Waals surface area (Å²) in [6, 6.07) is 0. The Kier molecular flexibility index (Phi) is 6.89. The summed E-state index contributed by atoms with van der Waals surface area (Å²) in [6.07, 6.45) is 3.63. The van der Waals surface area contributed by atoms with Crippen molar-refractivity contribution in [1.82, 2.24) is 14.9 Å². The largest absolute Gasteiger partial charge is 0.345 e. The molecule has 1 aliphatic heterocycles.